The normalized spacial score (nSPS) is 53.0. The monoisotopic (exact) mass is 388 g/mol. The van der Waals surface area contributed by atoms with E-state index in [2.05, 4.69) is 6.92 Å². The number of ether oxygens (including phenoxy) is 1. The second kappa shape index (κ2) is 5.40. The predicted octanol–water partition coefficient (Wildman–Crippen LogP) is 5.02. The number of carbonyl (C=O) groups is 2. The van der Waals surface area contributed by atoms with Crippen LogP contribution in [0.5, 0.6) is 0 Å². The number of carbonyl (C=O) groups excluding carboxylic acids is 2. The first-order valence-corrected chi connectivity index (χ1v) is 11.5. The van der Waals surface area contributed by atoms with Gasteiger partial charge in [0, 0.05) is 24.2 Å². The molecule has 3 nitrogen and oxygen atoms in total. The Morgan fingerprint density at radius 3 is 2.63 bits per heavy atom. The van der Waals surface area contributed by atoms with Crippen molar-refractivity contribution in [1.29, 1.82) is 0 Å². The molecule has 8 atom stereocenters. The van der Waals surface area contributed by atoms with Crippen molar-refractivity contribution in [2.75, 3.05) is 0 Å². The number of halogens is 1. The molecule has 0 aromatic heterocycles. The second-order valence-electron chi connectivity index (χ2n) is 10.2. The van der Waals surface area contributed by atoms with Gasteiger partial charge in [0.05, 0.1) is 5.03 Å². The Morgan fingerprint density at radius 2 is 1.89 bits per heavy atom. The molecule has 4 saturated carbocycles. The quantitative estimate of drug-likeness (QED) is 0.592. The van der Waals surface area contributed by atoms with Crippen molar-refractivity contribution < 1.29 is 14.3 Å². The Balaban J connectivity index is 1.39. The van der Waals surface area contributed by atoms with Gasteiger partial charge in [-0.2, -0.15) is 0 Å². The van der Waals surface area contributed by atoms with Gasteiger partial charge in [0.2, 0.25) is 0 Å². The lowest BCUT2D eigenvalue weighted by Crippen LogP contribution is -2.56. The van der Waals surface area contributed by atoms with Gasteiger partial charge in [-0.25, -0.2) is 0 Å². The molecule has 1 aliphatic heterocycles. The summed E-state index contributed by atoms with van der Waals surface area (Å²) >= 11 is 6.46. The summed E-state index contributed by atoms with van der Waals surface area (Å²) in [6, 6.07) is 0. The minimum absolute atomic E-state index is 0.0442. The number of fused-ring (bicyclic) bond motifs is 9. The van der Waals surface area contributed by atoms with Gasteiger partial charge in [0.25, 0.3) is 0 Å². The van der Waals surface area contributed by atoms with Crippen LogP contribution in [0.2, 0.25) is 0 Å². The van der Waals surface area contributed by atoms with Crippen molar-refractivity contribution in [2.24, 2.45) is 40.9 Å². The van der Waals surface area contributed by atoms with Crippen LogP contribution in [0.25, 0.3) is 0 Å². The third-order valence-corrected chi connectivity index (χ3v) is 10.3. The van der Waals surface area contributed by atoms with Crippen molar-refractivity contribution in [3.05, 3.63) is 10.6 Å². The SMILES string of the molecule is CC[C@]12CCC3C(CCC4=C(Cl)C(=O)CC[C@@H]43)C1[C@H]1C[C@H]1[C@@]21CCC(=O)O1. The van der Waals surface area contributed by atoms with E-state index in [4.69, 9.17) is 16.3 Å². The molecular formula is C23H29ClO3. The van der Waals surface area contributed by atoms with Crippen molar-refractivity contribution in [3.8, 4) is 0 Å². The highest BCUT2D eigenvalue weighted by molar-refractivity contribution is 6.43. The first kappa shape index (κ1) is 17.1. The van der Waals surface area contributed by atoms with Crippen LogP contribution in [-0.2, 0) is 14.3 Å². The fourth-order valence-electron chi connectivity index (χ4n) is 9.03. The fraction of sp³-hybridized carbons (Fsp3) is 0.826. The van der Waals surface area contributed by atoms with Crippen molar-refractivity contribution in [2.45, 2.75) is 76.7 Å². The Kier molecular flexibility index (Phi) is 3.41. The van der Waals surface area contributed by atoms with Crippen LogP contribution in [0.1, 0.15) is 71.1 Å². The van der Waals surface area contributed by atoms with Crippen molar-refractivity contribution in [1.82, 2.24) is 0 Å². The van der Waals surface area contributed by atoms with Gasteiger partial charge in [-0.15, -0.1) is 0 Å². The topological polar surface area (TPSA) is 43.4 Å². The molecule has 6 aliphatic rings. The minimum Gasteiger partial charge on any atom is -0.458 e. The minimum atomic E-state index is -0.143. The van der Waals surface area contributed by atoms with E-state index in [0.717, 1.165) is 43.4 Å². The molecule has 0 radical (unpaired) electrons. The van der Waals surface area contributed by atoms with Gasteiger partial charge < -0.3 is 4.74 Å². The van der Waals surface area contributed by atoms with Crippen LogP contribution >= 0.6 is 11.6 Å². The summed E-state index contributed by atoms with van der Waals surface area (Å²) in [5, 5.41) is 0.578. The number of hydrogen-bond donors (Lipinski definition) is 0. The van der Waals surface area contributed by atoms with Crippen molar-refractivity contribution >= 4 is 23.4 Å². The van der Waals surface area contributed by atoms with Gasteiger partial charge in [-0.05, 0) is 86.5 Å². The molecule has 0 bridgehead atoms. The summed E-state index contributed by atoms with van der Waals surface area (Å²) in [5.41, 5.74) is 1.35. The Morgan fingerprint density at radius 1 is 1.04 bits per heavy atom. The van der Waals surface area contributed by atoms with E-state index >= 15 is 0 Å². The fourth-order valence-corrected chi connectivity index (χ4v) is 9.36. The molecule has 1 spiro atoms. The highest BCUT2D eigenvalue weighted by Gasteiger charge is 2.79. The Hall–Kier alpha value is -0.830. The van der Waals surface area contributed by atoms with Crippen LogP contribution in [0.4, 0.5) is 0 Å². The van der Waals surface area contributed by atoms with E-state index in [1.54, 1.807) is 0 Å². The van der Waals surface area contributed by atoms with Crippen LogP contribution in [0.3, 0.4) is 0 Å². The summed E-state index contributed by atoms with van der Waals surface area (Å²) in [6.45, 7) is 2.34. The summed E-state index contributed by atoms with van der Waals surface area (Å²) < 4.78 is 6.23. The molecule has 0 aromatic rings. The van der Waals surface area contributed by atoms with E-state index in [1.165, 1.54) is 31.3 Å². The summed E-state index contributed by atoms with van der Waals surface area (Å²) in [5.74, 6) is 4.28. The molecule has 0 N–H and O–H groups in total. The van der Waals surface area contributed by atoms with Crippen LogP contribution in [0.15, 0.2) is 10.6 Å². The molecule has 3 unspecified atom stereocenters. The maximum atomic E-state index is 12.2. The molecule has 0 aromatic carbocycles. The number of hydrogen-bond acceptors (Lipinski definition) is 3. The lowest BCUT2D eigenvalue weighted by atomic mass is 9.47. The number of esters is 1. The summed E-state index contributed by atoms with van der Waals surface area (Å²) in [6.07, 6.45) is 10.3. The Labute approximate surface area is 166 Å². The molecule has 1 heterocycles. The van der Waals surface area contributed by atoms with E-state index < -0.39 is 0 Å². The number of ketones is 1. The zero-order valence-corrected chi connectivity index (χ0v) is 16.9. The first-order valence-electron chi connectivity index (χ1n) is 11.2. The molecule has 6 rings (SSSR count). The smallest absolute Gasteiger partial charge is 0.306 e. The number of rotatable bonds is 1. The molecule has 1 saturated heterocycles. The maximum Gasteiger partial charge on any atom is 0.306 e. The largest absolute Gasteiger partial charge is 0.458 e. The van der Waals surface area contributed by atoms with Crippen molar-refractivity contribution in [3.63, 3.8) is 0 Å². The predicted molar refractivity (Wildman–Crippen MR) is 102 cm³/mol. The zero-order chi connectivity index (χ0) is 18.6. The summed E-state index contributed by atoms with van der Waals surface area (Å²) in [4.78, 5) is 24.3. The average Bonchev–Trinajstić information content (AvgIpc) is 3.32. The number of allylic oxidation sites excluding steroid dienone is 1. The third-order valence-electron chi connectivity index (χ3n) is 9.86. The molecule has 146 valence electrons. The maximum absolute atomic E-state index is 12.2. The van der Waals surface area contributed by atoms with E-state index in [1.807, 2.05) is 0 Å². The van der Waals surface area contributed by atoms with Gasteiger partial charge in [0.1, 0.15) is 5.60 Å². The highest BCUT2D eigenvalue weighted by atomic mass is 35.5. The van der Waals surface area contributed by atoms with Crippen LogP contribution < -0.4 is 0 Å². The first-order chi connectivity index (χ1) is 13.0. The van der Waals surface area contributed by atoms with E-state index in [0.29, 0.717) is 35.6 Å². The molecular weight excluding hydrogens is 360 g/mol. The third kappa shape index (κ3) is 1.91. The lowest BCUT2D eigenvalue weighted by Gasteiger charge is -2.58. The van der Waals surface area contributed by atoms with Gasteiger partial charge in [-0.3, -0.25) is 9.59 Å². The average molecular weight is 389 g/mol. The molecule has 5 aliphatic carbocycles. The Bertz CT molecular complexity index is 772. The van der Waals surface area contributed by atoms with Gasteiger partial charge in [0.15, 0.2) is 5.78 Å². The zero-order valence-electron chi connectivity index (χ0n) is 16.1. The molecule has 0 amide bonds. The van der Waals surface area contributed by atoms with Crippen LogP contribution in [0, 0.1) is 40.9 Å². The molecule has 27 heavy (non-hydrogen) atoms. The molecule has 5 fully saturated rings. The highest BCUT2D eigenvalue weighted by Crippen LogP contribution is 2.79. The second-order valence-corrected chi connectivity index (χ2v) is 10.6. The van der Waals surface area contributed by atoms with Gasteiger partial charge in [-0.1, -0.05) is 18.5 Å². The summed E-state index contributed by atoms with van der Waals surface area (Å²) in [7, 11) is 0. The van der Waals surface area contributed by atoms with E-state index in [9.17, 15) is 9.59 Å². The number of Topliss-reactive ketones (excluding diaryl/α,β-unsaturated/α-hetero) is 1. The molecule has 4 heteroatoms. The van der Waals surface area contributed by atoms with E-state index in [-0.39, 0.29) is 22.8 Å². The van der Waals surface area contributed by atoms with Gasteiger partial charge >= 0.3 is 5.97 Å². The van der Waals surface area contributed by atoms with Crippen LogP contribution in [-0.4, -0.2) is 17.4 Å². The standard InChI is InChI=1S/C23H29ClO3/c1-2-22-9-7-13-12-5-6-18(25)21(24)15(12)4-3-14(13)20(22)16-11-17(16)23(22)10-8-19(26)27-23/h12-14,16-17,20H,2-11H2,1H3/t12-,13?,14?,16+,17-,20?,22+,23+/m1/s1. The lowest BCUT2D eigenvalue weighted by molar-refractivity contribution is -0.179.